The van der Waals surface area contributed by atoms with E-state index in [1.807, 2.05) is 0 Å². The van der Waals surface area contributed by atoms with Crippen LogP contribution in [0.2, 0.25) is 0 Å². The van der Waals surface area contributed by atoms with E-state index >= 15 is 0 Å². The highest BCUT2D eigenvalue weighted by Gasteiger charge is 2.30. The Morgan fingerprint density at radius 3 is 2.71 bits per heavy atom. The number of phenols is 1. The molecule has 1 aliphatic rings. The van der Waals surface area contributed by atoms with Gasteiger partial charge < -0.3 is 5.11 Å². The predicted molar refractivity (Wildman–Crippen MR) is 76.2 cm³/mol. The van der Waals surface area contributed by atoms with E-state index in [1.54, 1.807) is 0 Å². The molecular formula is C12H9N3O5S. The highest BCUT2D eigenvalue weighted by molar-refractivity contribution is 7.80. The molecule has 0 saturated carbocycles. The second-order valence-corrected chi connectivity index (χ2v) is 4.57. The minimum Gasteiger partial charge on any atom is -0.502 e. The summed E-state index contributed by atoms with van der Waals surface area (Å²) in [6, 6.07) is 3.53. The fourth-order valence-electron chi connectivity index (χ4n) is 1.69. The number of nitrogens with zero attached hydrogens (tertiary/aromatic N) is 2. The van der Waals surface area contributed by atoms with Crippen LogP contribution in [0.15, 0.2) is 23.8 Å². The number of carbonyl (C=O) groups is 2. The summed E-state index contributed by atoms with van der Waals surface area (Å²) in [6.45, 7) is 0. The lowest BCUT2D eigenvalue weighted by molar-refractivity contribution is -0.385. The molecule has 1 heterocycles. The van der Waals surface area contributed by atoms with Crippen molar-refractivity contribution in [3.8, 4) is 5.75 Å². The predicted octanol–water partition coefficient (Wildman–Crippen LogP) is 0.557. The van der Waals surface area contributed by atoms with Crippen LogP contribution in [0.4, 0.5) is 5.69 Å². The molecule has 9 heteroatoms. The lowest BCUT2D eigenvalue weighted by Gasteiger charge is -2.24. The zero-order chi connectivity index (χ0) is 15.7. The third-order valence-corrected chi connectivity index (χ3v) is 3.19. The quantitative estimate of drug-likeness (QED) is 0.271. The molecule has 0 unspecified atom stereocenters. The van der Waals surface area contributed by atoms with Gasteiger partial charge in [0.05, 0.1) is 4.92 Å². The molecule has 0 radical (unpaired) electrons. The Kier molecular flexibility index (Phi) is 3.68. The number of nitrogens with one attached hydrogen (secondary N) is 1. The number of carbonyl (C=O) groups excluding carboxylic acids is 2. The number of likely N-dealkylation sites (N-methyl/N-ethyl adjacent to an activating group) is 1. The first-order chi connectivity index (χ1) is 9.81. The molecule has 1 fully saturated rings. The minimum absolute atomic E-state index is 0.0150. The van der Waals surface area contributed by atoms with E-state index in [9.17, 15) is 24.8 Å². The summed E-state index contributed by atoms with van der Waals surface area (Å²) in [5.41, 5.74) is -0.484. The molecule has 1 aromatic rings. The van der Waals surface area contributed by atoms with Crippen molar-refractivity contribution in [1.82, 2.24) is 10.2 Å². The molecule has 1 aliphatic heterocycles. The second-order valence-electron chi connectivity index (χ2n) is 4.19. The van der Waals surface area contributed by atoms with Crippen molar-refractivity contribution in [3.05, 3.63) is 39.4 Å². The van der Waals surface area contributed by atoms with Crippen LogP contribution in [0.5, 0.6) is 5.75 Å². The molecule has 108 valence electrons. The number of hydrogen-bond donors (Lipinski definition) is 2. The summed E-state index contributed by atoms with van der Waals surface area (Å²) in [5.74, 6) is -1.79. The molecule has 1 saturated heterocycles. The fraction of sp³-hybridized carbons (Fsp3) is 0.0833. The molecule has 8 nitrogen and oxygen atoms in total. The maximum absolute atomic E-state index is 12.0. The molecule has 1 aromatic carbocycles. The third kappa shape index (κ3) is 2.72. The normalized spacial score (nSPS) is 17.1. The van der Waals surface area contributed by atoms with Crippen molar-refractivity contribution in [2.45, 2.75) is 0 Å². The van der Waals surface area contributed by atoms with Gasteiger partial charge in [-0.1, -0.05) is 6.07 Å². The Bertz CT molecular complexity index is 713. The first kappa shape index (κ1) is 14.6. The lowest BCUT2D eigenvalue weighted by Crippen LogP contribution is -2.52. The molecule has 21 heavy (non-hydrogen) atoms. The van der Waals surface area contributed by atoms with Crippen molar-refractivity contribution in [2.75, 3.05) is 7.05 Å². The summed E-state index contributed by atoms with van der Waals surface area (Å²) in [6.07, 6.45) is 1.20. The topological polar surface area (TPSA) is 113 Å². The van der Waals surface area contributed by atoms with Gasteiger partial charge in [0.1, 0.15) is 5.57 Å². The zero-order valence-corrected chi connectivity index (χ0v) is 11.5. The first-order valence-electron chi connectivity index (χ1n) is 5.63. The van der Waals surface area contributed by atoms with E-state index < -0.39 is 28.2 Å². The molecule has 2 amide bonds. The van der Waals surface area contributed by atoms with Gasteiger partial charge in [0.2, 0.25) is 0 Å². The number of nitro groups is 1. The Morgan fingerprint density at radius 2 is 2.10 bits per heavy atom. The van der Waals surface area contributed by atoms with Crippen LogP contribution in [0.3, 0.4) is 0 Å². The summed E-state index contributed by atoms with van der Waals surface area (Å²) in [7, 11) is 1.40. The van der Waals surface area contributed by atoms with Gasteiger partial charge in [0.15, 0.2) is 10.9 Å². The second kappa shape index (κ2) is 5.29. The van der Waals surface area contributed by atoms with E-state index in [0.717, 1.165) is 17.0 Å². The molecule has 0 atom stereocenters. The van der Waals surface area contributed by atoms with Gasteiger partial charge >= 0.3 is 5.69 Å². The molecule has 2 N–H and O–H groups in total. The third-order valence-electron chi connectivity index (χ3n) is 2.81. The minimum atomic E-state index is -0.763. The van der Waals surface area contributed by atoms with Gasteiger partial charge in [-0.15, -0.1) is 0 Å². The number of hydrogen-bond acceptors (Lipinski definition) is 6. The van der Waals surface area contributed by atoms with E-state index in [2.05, 4.69) is 5.32 Å². The van der Waals surface area contributed by atoms with E-state index in [-0.39, 0.29) is 16.2 Å². The zero-order valence-electron chi connectivity index (χ0n) is 10.7. The number of thiocarbonyl (C=S) groups is 1. The Labute approximate surface area is 123 Å². The standard InChI is InChI=1S/C12H9N3O5S/c1-14-11(18)7(10(17)13-12(14)21)4-6-2-3-9(16)8(5-6)15(19)20/h2-5,16H,1H3,(H,13,17,21). The van der Waals surface area contributed by atoms with Crippen LogP contribution in [-0.2, 0) is 9.59 Å². The summed E-state index contributed by atoms with van der Waals surface area (Å²) in [4.78, 5) is 34.8. The van der Waals surface area contributed by atoms with Crippen molar-refractivity contribution in [3.63, 3.8) is 0 Å². The molecule has 0 spiro atoms. The van der Waals surface area contributed by atoms with Crippen molar-refractivity contribution in [2.24, 2.45) is 0 Å². The number of aromatic hydroxyl groups is 1. The average molecular weight is 307 g/mol. The van der Waals surface area contributed by atoms with Gasteiger partial charge in [0, 0.05) is 13.1 Å². The number of benzene rings is 1. The van der Waals surface area contributed by atoms with Gasteiger partial charge in [-0.3, -0.25) is 29.9 Å². The number of rotatable bonds is 2. The van der Waals surface area contributed by atoms with Crippen LogP contribution in [-0.4, -0.2) is 38.9 Å². The molecule has 0 aromatic heterocycles. The Hall–Kier alpha value is -2.81. The highest BCUT2D eigenvalue weighted by Crippen LogP contribution is 2.27. The molecular weight excluding hydrogens is 298 g/mol. The number of phenolic OH excluding ortho intramolecular Hbond substituents is 1. The lowest BCUT2D eigenvalue weighted by atomic mass is 10.1. The Balaban J connectivity index is 2.46. The fourth-order valence-corrected chi connectivity index (χ4v) is 1.86. The monoisotopic (exact) mass is 307 g/mol. The molecule has 0 aliphatic carbocycles. The number of nitro benzene ring substituents is 1. The van der Waals surface area contributed by atoms with Gasteiger partial charge in [-0.05, 0) is 29.9 Å². The Morgan fingerprint density at radius 1 is 1.43 bits per heavy atom. The van der Waals surface area contributed by atoms with Crippen LogP contribution < -0.4 is 5.32 Å². The summed E-state index contributed by atoms with van der Waals surface area (Å²) in [5, 5.41) is 22.4. The molecule has 0 bridgehead atoms. The maximum Gasteiger partial charge on any atom is 0.311 e. The van der Waals surface area contributed by atoms with Gasteiger partial charge in [0.25, 0.3) is 11.8 Å². The number of amides is 2. The molecule has 2 rings (SSSR count). The maximum atomic E-state index is 12.0. The first-order valence-corrected chi connectivity index (χ1v) is 6.04. The smallest absolute Gasteiger partial charge is 0.311 e. The van der Waals surface area contributed by atoms with Crippen molar-refractivity contribution >= 4 is 40.9 Å². The largest absolute Gasteiger partial charge is 0.502 e. The van der Waals surface area contributed by atoms with Crippen LogP contribution in [0.25, 0.3) is 6.08 Å². The van der Waals surface area contributed by atoms with Crippen LogP contribution >= 0.6 is 12.2 Å². The van der Waals surface area contributed by atoms with Gasteiger partial charge in [-0.2, -0.15) is 0 Å². The van der Waals surface area contributed by atoms with Crippen molar-refractivity contribution in [1.29, 1.82) is 0 Å². The van der Waals surface area contributed by atoms with Crippen molar-refractivity contribution < 1.29 is 19.6 Å². The van der Waals surface area contributed by atoms with Gasteiger partial charge in [-0.25, -0.2) is 0 Å². The SMILES string of the molecule is CN1C(=O)C(=Cc2ccc(O)c([N+](=O)[O-])c2)C(=O)NC1=S. The summed E-state index contributed by atoms with van der Waals surface area (Å²) < 4.78 is 0. The van der Waals surface area contributed by atoms with Crippen LogP contribution in [0.1, 0.15) is 5.56 Å². The van der Waals surface area contributed by atoms with E-state index in [0.29, 0.717) is 0 Å². The van der Waals surface area contributed by atoms with Crippen LogP contribution in [0, 0.1) is 10.1 Å². The summed E-state index contributed by atoms with van der Waals surface area (Å²) >= 11 is 4.80. The highest BCUT2D eigenvalue weighted by atomic mass is 32.1. The van der Waals surface area contributed by atoms with E-state index in [4.69, 9.17) is 12.2 Å². The average Bonchev–Trinajstić information content (AvgIpc) is 2.42. The van der Waals surface area contributed by atoms with E-state index in [1.165, 1.54) is 19.2 Å².